The zero-order chi connectivity index (χ0) is 33.3. The molecule has 0 bridgehead atoms. The van der Waals surface area contributed by atoms with Crippen LogP contribution in [0.1, 0.15) is 17.0 Å². The van der Waals surface area contributed by atoms with Gasteiger partial charge < -0.3 is 14.0 Å². The van der Waals surface area contributed by atoms with Gasteiger partial charge in [0.05, 0.1) is 28.1 Å². The van der Waals surface area contributed by atoms with E-state index < -0.39 is 0 Å². The van der Waals surface area contributed by atoms with Gasteiger partial charge in [-0.15, -0.1) is 54.1 Å². The second kappa shape index (κ2) is 14.0. The Bertz CT molecular complexity index is 2520. The molecule has 4 heterocycles. The SMILES string of the molecule is Cc1nc(C)c2nc(-c3[c-]ccc4c3oc3cc(-c5ccccc5)ccc34)n(-c3ccccc3)c2c1C.[Ir].[c-]1ccccc1-c1ccccn1. The third kappa shape index (κ3) is 6.05. The van der Waals surface area contributed by atoms with Crippen molar-refractivity contribution in [2.75, 3.05) is 0 Å². The summed E-state index contributed by atoms with van der Waals surface area (Å²) < 4.78 is 8.79. The molecule has 0 fully saturated rings. The van der Waals surface area contributed by atoms with Crippen molar-refractivity contribution in [1.29, 1.82) is 0 Å². The first-order valence-corrected chi connectivity index (χ1v) is 16.3. The molecule has 5 nitrogen and oxygen atoms in total. The zero-order valence-corrected chi connectivity index (χ0v) is 30.2. The van der Waals surface area contributed by atoms with Crippen molar-refractivity contribution in [3.63, 3.8) is 0 Å². The number of benzene rings is 5. The molecule has 0 aliphatic rings. The number of rotatable bonds is 4. The van der Waals surface area contributed by atoms with E-state index in [1.165, 1.54) is 0 Å². The number of nitrogens with zero attached hydrogens (tertiary/aromatic N) is 4. The Kier molecular flexibility index (Phi) is 9.23. The van der Waals surface area contributed by atoms with E-state index in [0.717, 1.165) is 89.4 Å². The summed E-state index contributed by atoms with van der Waals surface area (Å²) in [6.07, 6.45) is 1.79. The number of hydrogen-bond donors (Lipinski definition) is 0. The molecule has 9 aromatic rings. The molecular weight excluding hydrogens is 793 g/mol. The van der Waals surface area contributed by atoms with Gasteiger partial charge in [-0.1, -0.05) is 83.7 Å². The van der Waals surface area contributed by atoms with Gasteiger partial charge in [-0.3, -0.25) is 9.97 Å². The fourth-order valence-corrected chi connectivity index (χ4v) is 6.37. The first kappa shape index (κ1) is 32.8. The molecule has 0 spiro atoms. The molecular formula is C44H32IrN4O-2. The number of imidazole rings is 1. The molecule has 0 aliphatic heterocycles. The van der Waals surface area contributed by atoms with Gasteiger partial charge in [-0.05, 0) is 67.4 Å². The minimum Gasteiger partial charge on any atom is -0.501 e. The van der Waals surface area contributed by atoms with E-state index in [9.17, 15) is 0 Å². The molecule has 245 valence electrons. The monoisotopic (exact) mass is 825 g/mol. The van der Waals surface area contributed by atoms with Gasteiger partial charge >= 0.3 is 0 Å². The molecule has 0 atom stereocenters. The van der Waals surface area contributed by atoms with E-state index in [4.69, 9.17) is 14.4 Å². The summed E-state index contributed by atoms with van der Waals surface area (Å²) in [7, 11) is 0. The average Bonchev–Trinajstić information content (AvgIpc) is 3.75. The summed E-state index contributed by atoms with van der Waals surface area (Å²) >= 11 is 0. The first-order chi connectivity index (χ1) is 24.1. The molecule has 0 unspecified atom stereocenters. The standard InChI is InChI=1S/C33H24N3O.C11H8N.Ir/c1-20-21(2)34-22(3)30-31(20)36(25-13-8-5-9-14-25)33(35-30)28-16-10-15-27-26-18-17-24(19-29(26)37-32(27)28)23-11-6-4-7-12-23;1-2-6-10(7-3-1)11-8-4-5-9-12-11;/h4-15,17-19H,1-3H3;1-6,8-9H;/q2*-1;. The summed E-state index contributed by atoms with van der Waals surface area (Å²) in [6.45, 7) is 6.20. The van der Waals surface area contributed by atoms with Crippen LogP contribution in [0.25, 0.3) is 72.4 Å². The van der Waals surface area contributed by atoms with Crippen LogP contribution in [0.4, 0.5) is 0 Å². The van der Waals surface area contributed by atoms with E-state index in [1.54, 1.807) is 6.20 Å². The summed E-state index contributed by atoms with van der Waals surface area (Å²) in [5, 5.41) is 2.13. The quantitative estimate of drug-likeness (QED) is 0.166. The fraction of sp³-hybridized carbons (Fsp3) is 0.0682. The molecule has 0 saturated carbocycles. The van der Waals surface area contributed by atoms with Crippen molar-refractivity contribution in [2.24, 2.45) is 0 Å². The molecule has 9 rings (SSSR count). The van der Waals surface area contributed by atoms with Crippen LogP contribution in [0.2, 0.25) is 0 Å². The summed E-state index contributed by atoms with van der Waals surface area (Å²) in [4.78, 5) is 14.1. The third-order valence-electron chi connectivity index (χ3n) is 8.88. The number of para-hydroxylation sites is 1. The topological polar surface area (TPSA) is 56.7 Å². The Hall–Kier alpha value is -5.68. The number of hydrogen-bond acceptors (Lipinski definition) is 4. The summed E-state index contributed by atoms with van der Waals surface area (Å²) in [6, 6.07) is 51.5. The normalized spacial score (nSPS) is 10.9. The van der Waals surface area contributed by atoms with Crippen LogP contribution in [0.5, 0.6) is 0 Å². The second-order valence-corrected chi connectivity index (χ2v) is 12.0. The van der Waals surface area contributed by atoms with Crippen LogP contribution in [-0.4, -0.2) is 19.5 Å². The molecule has 6 heteroatoms. The van der Waals surface area contributed by atoms with Gasteiger partial charge in [0.1, 0.15) is 5.58 Å². The Morgan fingerprint density at radius 2 is 1.40 bits per heavy atom. The second-order valence-electron chi connectivity index (χ2n) is 12.0. The van der Waals surface area contributed by atoms with E-state index in [-0.39, 0.29) is 20.1 Å². The number of aromatic nitrogens is 4. The maximum atomic E-state index is 6.57. The molecule has 50 heavy (non-hydrogen) atoms. The molecule has 0 saturated heterocycles. The van der Waals surface area contributed by atoms with Crippen molar-refractivity contribution >= 4 is 33.0 Å². The van der Waals surface area contributed by atoms with Gasteiger partial charge in [0.2, 0.25) is 0 Å². The molecule has 0 N–H and O–H groups in total. The number of pyridine rings is 2. The predicted octanol–water partition coefficient (Wildman–Crippen LogP) is 10.9. The maximum absolute atomic E-state index is 6.57. The average molecular weight is 825 g/mol. The van der Waals surface area contributed by atoms with Gasteiger partial charge in [0.25, 0.3) is 0 Å². The molecule has 0 aliphatic carbocycles. The van der Waals surface area contributed by atoms with E-state index in [1.807, 2.05) is 67.6 Å². The molecule has 1 radical (unpaired) electrons. The van der Waals surface area contributed by atoms with Crippen LogP contribution in [0, 0.1) is 32.9 Å². The Morgan fingerprint density at radius 1 is 0.640 bits per heavy atom. The van der Waals surface area contributed by atoms with Crippen LogP contribution in [-0.2, 0) is 20.1 Å². The van der Waals surface area contributed by atoms with Gasteiger partial charge in [0.15, 0.2) is 0 Å². The van der Waals surface area contributed by atoms with E-state index in [0.29, 0.717) is 0 Å². The summed E-state index contributed by atoms with van der Waals surface area (Å²) in [5.41, 5.74) is 12.8. The smallest absolute Gasteiger partial charge is 0.121 e. The molecule has 4 aromatic heterocycles. The van der Waals surface area contributed by atoms with Crippen LogP contribution >= 0.6 is 0 Å². The van der Waals surface area contributed by atoms with E-state index >= 15 is 0 Å². The number of furan rings is 1. The van der Waals surface area contributed by atoms with Gasteiger partial charge in [-0.25, -0.2) is 0 Å². The zero-order valence-electron chi connectivity index (χ0n) is 27.8. The molecule has 5 aromatic carbocycles. The summed E-state index contributed by atoms with van der Waals surface area (Å²) in [5.74, 6) is 0.799. The Morgan fingerprint density at radius 3 is 2.14 bits per heavy atom. The van der Waals surface area contributed by atoms with Crippen molar-refractivity contribution in [1.82, 2.24) is 19.5 Å². The number of fused-ring (bicyclic) bond motifs is 4. The largest absolute Gasteiger partial charge is 0.501 e. The Balaban J connectivity index is 0.000000255. The number of aryl methyl sites for hydroxylation is 3. The Labute approximate surface area is 304 Å². The third-order valence-corrected chi connectivity index (χ3v) is 8.88. The van der Waals surface area contributed by atoms with Crippen LogP contribution in [0.15, 0.2) is 144 Å². The first-order valence-electron chi connectivity index (χ1n) is 16.3. The van der Waals surface area contributed by atoms with Gasteiger partial charge in [-0.2, -0.15) is 0 Å². The van der Waals surface area contributed by atoms with Gasteiger partial charge in [0, 0.05) is 43.1 Å². The molecule has 0 amide bonds. The minimum atomic E-state index is 0. The maximum Gasteiger partial charge on any atom is 0.121 e. The predicted molar refractivity (Wildman–Crippen MR) is 199 cm³/mol. The van der Waals surface area contributed by atoms with Crippen molar-refractivity contribution in [2.45, 2.75) is 20.8 Å². The van der Waals surface area contributed by atoms with Crippen molar-refractivity contribution in [3.8, 4) is 39.5 Å². The van der Waals surface area contributed by atoms with Crippen molar-refractivity contribution in [3.05, 3.63) is 169 Å². The minimum absolute atomic E-state index is 0. The van der Waals surface area contributed by atoms with Crippen molar-refractivity contribution < 1.29 is 24.5 Å². The van der Waals surface area contributed by atoms with Crippen LogP contribution in [0.3, 0.4) is 0 Å². The van der Waals surface area contributed by atoms with Crippen LogP contribution < -0.4 is 0 Å². The van der Waals surface area contributed by atoms with E-state index in [2.05, 4.69) is 108 Å². The fourth-order valence-electron chi connectivity index (χ4n) is 6.37.